The van der Waals surface area contributed by atoms with E-state index in [4.69, 9.17) is 5.73 Å². The van der Waals surface area contributed by atoms with Crippen molar-refractivity contribution in [1.29, 1.82) is 0 Å². The average Bonchev–Trinajstić information content (AvgIpc) is 2.04. The molecule has 1 heterocycles. The van der Waals surface area contributed by atoms with E-state index >= 15 is 0 Å². The average molecular weight is 151 g/mol. The quantitative estimate of drug-likeness (QED) is 0.553. The molecule has 0 amide bonds. The van der Waals surface area contributed by atoms with Crippen molar-refractivity contribution in [2.24, 2.45) is 15.7 Å². The number of dihydropyridines is 1. The lowest BCUT2D eigenvalue weighted by molar-refractivity contribution is 0.955. The van der Waals surface area contributed by atoms with Crippen LogP contribution >= 0.6 is 0 Å². The van der Waals surface area contributed by atoms with E-state index in [1.54, 1.807) is 13.3 Å². The predicted molar refractivity (Wildman–Crippen MR) is 48.2 cm³/mol. The second-order valence-corrected chi connectivity index (χ2v) is 2.53. The van der Waals surface area contributed by atoms with Crippen LogP contribution in [0.5, 0.6) is 0 Å². The summed E-state index contributed by atoms with van der Waals surface area (Å²) in [6.45, 7) is 2.81. The Balaban J connectivity index is 2.92. The number of hydrogen-bond donors (Lipinski definition) is 1. The van der Waals surface area contributed by atoms with Crippen molar-refractivity contribution in [2.75, 3.05) is 13.6 Å². The van der Waals surface area contributed by atoms with E-state index in [9.17, 15) is 0 Å². The Labute approximate surface area is 66.7 Å². The van der Waals surface area contributed by atoms with Gasteiger partial charge in [0.2, 0.25) is 0 Å². The van der Waals surface area contributed by atoms with Crippen LogP contribution in [0.2, 0.25) is 0 Å². The third-order valence-corrected chi connectivity index (χ3v) is 1.84. The molecule has 0 aromatic heterocycles. The fourth-order valence-electron chi connectivity index (χ4n) is 1.09. The summed E-state index contributed by atoms with van der Waals surface area (Å²) in [5.74, 6) is 0. The number of nitrogens with zero attached hydrogens (tertiary/aromatic N) is 2. The van der Waals surface area contributed by atoms with Crippen molar-refractivity contribution in [3.63, 3.8) is 0 Å². The lowest BCUT2D eigenvalue weighted by atomic mass is 10.0. The van der Waals surface area contributed by atoms with Crippen molar-refractivity contribution in [3.05, 3.63) is 11.3 Å². The van der Waals surface area contributed by atoms with E-state index < -0.39 is 0 Å². The molecule has 3 heteroatoms. The molecular weight excluding hydrogens is 138 g/mol. The molecule has 0 bridgehead atoms. The summed E-state index contributed by atoms with van der Waals surface area (Å²) in [6, 6.07) is 0. The van der Waals surface area contributed by atoms with Gasteiger partial charge >= 0.3 is 0 Å². The molecule has 0 atom stereocenters. The number of hydrogen-bond acceptors (Lipinski definition) is 3. The van der Waals surface area contributed by atoms with E-state index in [1.165, 1.54) is 0 Å². The van der Waals surface area contributed by atoms with Gasteiger partial charge in [0.1, 0.15) is 0 Å². The van der Waals surface area contributed by atoms with E-state index in [-0.39, 0.29) is 0 Å². The Morgan fingerprint density at radius 2 is 2.45 bits per heavy atom. The smallest absolute Gasteiger partial charge is 0.0546 e. The van der Waals surface area contributed by atoms with E-state index in [0.717, 1.165) is 29.9 Å². The number of rotatable bonds is 1. The first-order valence-corrected chi connectivity index (χ1v) is 3.68. The van der Waals surface area contributed by atoms with E-state index in [0.29, 0.717) is 0 Å². The zero-order valence-electron chi connectivity index (χ0n) is 6.96. The van der Waals surface area contributed by atoms with Crippen LogP contribution in [0.15, 0.2) is 21.3 Å². The molecule has 0 radical (unpaired) electrons. The van der Waals surface area contributed by atoms with Crippen molar-refractivity contribution < 1.29 is 0 Å². The summed E-state index contributed by atoms with van der Waals surface area (Å²) in [4.78, 5) is 8.14. The Bertz CT molecular complexity index is 236. The van der Waals surface area contributed by atoms with Gasteiger partial charge in [0.15, 0.2) is 0 Å². The number of allylic oxidation sites excluding steroid dienone is 1. The van der Waals surface area contributed by atoms with E-state index in [1.807, 2.05) is 6.92 Å². The van der Waals surface area contributed by atoms with Gasteiger partial charge in [0, 0.05) is 25.5 Å². The molecule has 1 rings (SSSR count). The second kappa shape index (κ2) is 3.32. The minimum atomic E-state index is 0.763. The molecule has 0 spiro atoms. The Morgan fingerprint density at radius 1 is 1.73 bits per heavy atom. The van der Waals surface area contributed by atoms with Gasteiger partial charge in [0.25, 0.3) is 0 Å². The first-order chi connectivity index (χ1) is 5.25. The molecule has 0 fully saturated rings. The molecule has 0 aromatic carbocycles. The van der Waals surface area contributed by atoms with Gasteiger partial charge in [0.05, 0.1) is 5.70 Å². The monoisotopic (exact) mass is 151 g/mol. The summed E-state index contributed by atoms with van der Waals surface area (Å²) in [5, 5.41) is 0. The maximum Gasteiger partial charge on any atom is 0.0546 e. The molecule has 2 N–H and O–H groups in total. The van der Waals surface area contributed by atoms with Gasteiger partial charge in [-0.1, -0.05) is 0 Å². The standard InChI is InChI=1S/C8H13N3/c1-6(10-2)7-3-4-11-5-8(7)9/h5H,3-4,9H2,1-2H3. The highest BCUT2D eigenvalue weighted by Gasteiger charge is 2.07. The molecule has 60 valence electrons. The maximum atomic E-state index is 5.70. The Hall–Kier alpha value is -1.12. The summed E-state index contributed by atoms with van der Waals surface area (Å²) >= 11 is 0. The molecular formula is C8H13N3. The van der Waals surface area contributed by atoms with Gasteiger partial charge in [-0.15, -0.1) is 0 Å². The van der Waals surface area contributed by atoms with Gasteiger partial charge in [-0.2, -0.15) is 0 Å². The van der Waals surface area contributed by atoms with Crippen LogP contribution in [-0.2, 0) is 0 Å². The van der Waals surface area contributed by atoms with Crippen LogP contribution in [0.1, 0.15) is 13.3 Å². The first kappa shape index (κ1) is 7.98. The Morgan fingerprint density at radius 3 is 3.00 bits per heavy atom. The molecule has 0 saturated carbocycles. The largest absolute Gasteiger partial charge is 0.397 e. The molecule has 0 aliphatic carbocycles. The highest BCUT2D eigenvalue weighted by atomic mass is 14.8. The molecule has 3 nitrogen and oxygen atoms in total. The van der Waals surface area contributed by atoms with Gasteiger partial charge in [-0.25, -0.2) is 0 Å². The number of nitrogens with two attached hydrogens (primary N) is 1. The lowest BCUT2D eigenvalue weighted by Gasteiger charge is -2.11. The Kier molecular flexibility index (Phi) is 2.41. The van der Waals surface area contributed by atoms with Crippen LogP contribution in [0, 0.1) is 0 Å². The molecule has 0 aromatic rings. The minimum absolute atomic E-state index is 0.763. The third-order valence-electron chi connectivity index (χ3n) is 1.84. The van der Waals surface area contributed by atoms with Crippen LogP contribution < -0.4 is 5.73 Å². The summed E-state index contributed by atoms with van der Waals surface area (Å²) in [7, 11) is 1.78. The highest BCUT2D eigenvalue weighted by Crippen LogP contribution is 2.10. The van der Waals surface area contributed by atoms with Crippen LogP contribution in [0.4, 0.5) is 0 Å². The van der Waals surface area contributed by atoms with Gasteiger partial charge in [-0.3, -0.25) is 9.98 Å². The molecule has 0 saturated heterocycles. The predicted octanol–water partition coefficient (Wildman–Crippen LogP) is 0.764. The fourth-order valence-corrected chi connectivity index (χ4v) is 1.09. The van der Waals surface area contributed by atoms with Crippen LogP contribution in [0.3, 0.4) is 0 Å². The maximum absolute atomic E-state index is 5.70. The normalized spacial score (nSPS) is 19.3. The molecule has 11 heavy (non-hydrogen) atoms. The van der Waals surface area contributed by atoms with Gasteiger partial charge < -0.3 is 5.73 Å². The molecule has 1 aliphatic heterocycles. The highest BCUT2D eigenvalue weighted by molar-refractivity contribution is 6.03. The van der Waals surface area contributed by atoms with Crippen molar-refractivity contribution in [3.8, 4) is 0 Å². The zero-order chi connectivity index (χ0) is 8.27. The number of aliphatic imine (C=N–C) groups is 2. The summed E-state index contributed by atoms with van der Waals surface area (Å²) in [5.41, 5.74) is 8.63. The zero-order valence-corrected chi connectivity index (χ0v) is 6.96. The van der Waals surface area contributed by atoms with Crippen molar-refractivity contribution in [1.82, 2.24) is 0 Å². The van der Waals surface area contributed by atoms with E-state index in [2.05, 4.69) is 9.98 Å². The topological polar surface area (TPSA) is 50.7 Å². The van der Waals surface area contributed by atoms with Crippen LogP contribution in [-0.4, -0.2) is 25.5 Å². The lowest BCUT2D eigenvalue weighted by Crippen LogP contribution is -2.14. The van der Waals surface area contributed by atoms with Crippen LogP contribution in [0.25, 0.3) is 0 Å². The fraction of sp³-hybridized carbons (Fsp3) is 0.500. The first-order valence-electron chi connectivity index (χ1n) is 3.68. The van der Waals surface area contributed by atoms with Crippen molar-refractivity contribution >= 4 is 11.9 Å². The minimum Gasteiger partial charge on any atom is -0.397 e. The van der Waals surface area contributed by atoms with Crippen molar-refractivity contribution in [2.45, 2.75) is 13.3 Å². The third kappa shape index (κ3) is 1.67. The summed E-state index contributed by atoms with van der Waals surface area (Å²) in [6.07, 6.45) is 2.64. The SMILES string of the molecule is CN=C(C)C1=C(N)C=NCC1. The van der Waals surface area contributed by atoms with Gasteiger partial charge in [-0.05, 0) is 18.9 Å². The summed E-state index contributed by atoms with van der Waals surface area (Å²) < 4.78 is 0. The molecule has 0 unspecified atom stereocenters. The second-order valence-electron chi connectivity index (χ2n) is 2.53. The molecule has 1 aliphatic rings.